The Morgan fingerprint density at radius 1 is 1.20 bits per heavy atom. The van der Waals surface area contributed by atoms with Crippen LogP contribution in [0.25, 0.3) is 0 Å². The summed E-state index contributed by atoms with van der Waals surface area (Å²) in [5, 5.41) is 0. The first-order valence-corrected chi connectivity index (χ1v) is 7.72. The predicted molar refractivity (Wildman–Crippen MR) is 77.3 cm³/mol. The van der Waals surface area contributed by atoms with Crippen molar-refractivity contribution < 1.29 is 8.42 Å². The Morgan fingerprint density at radius 3 is 2.45 bits per heavy atom. The van der Waals surface area contributed by atoms with Crippen molar-refractivity contribution in [1.82, 2.24) is 9.71 Å². The van der Waals surface area contributed by atoms with Gasteiger partial charge >= 0.3 is 0 Å². The van der Waals surface area contributed by atoms with Crippen LogP contribution in [0.2, 0.25) is 0 Å². The van der Waals surface area contributed by atoms with Crippen LogP contribution in [0.3, 0.4) is 0 Å². The van der Waals surface area contributed by atoms with Crippen LogP contribution in [0, 0.1) is 0 Å². The van der Waals surface area contributed by atoms with Gasteiger partial charge in [0.05, 0.1) is 17.1 Å². The van der Waals surface area contributed by atoms with E-state index in [-0.39, 0.29) is 17.5 Å². The molecule has 0 saturated carbocycles. The maximum Gasteiger partial charge on any atom is 0.240 e. The van der Waals surface area contributed by atoms with Gasteiger partial charge in [-0.25, -0.2) is 13.1 Å². The summed E-state index contributed by atoms with van der Waals surface area (Å²) in [5.41, 5.74) is 7.30. The Balaban J connectivity index is 2.10. The molecule has 0 amide bonds. The highest BCUT2D eigenvalue weighted by atomic mass is 32.2. The average molecular weight is 291 g/mol. The highest BCUT2D eigenvalue weighted by Crippen LogP contribution is 2.14. The van der Waals surface area contributed by atoms with Gasteiger partial charge < -0.3 is 5.73 Å². The van der Waals surface area contributed by atoms with Crippen molar-refractivity contribution in [3.8, 4) is 0 Å². The molecule has 0 fully saturated rings. The largest absolute Gasteiger partial charge is 0.324 e. The molecule has 1 aromatic heterocycles. The Hall–Kier alpha value is -1.76. The monoisotopic (exact) mass is 291 g/mol. The molecule has 0 aliphatic heterocycles. The molecule has 0 spiro atoms. The molecular formula is C14H17N3O2S. The zero-order valence-corrected chi connectivity index (χ0v) is 12.0. The molecule has 20 heavy (non-hydrogen) atoms. The number of nitrogens with zero attached hydrogens (tertiary/aromatic N) is 1. The zero-order chi connectivity index (χ0) is 14.6. The third-order valence-electron chi connectivity index (χ3n) is 2.89. The van der Waals surface area contributed by atoms with Crippen molar-refractivity contribution in [2.75, 3.05) is 0 Å². The van der Waals surface area contributed by atoms with Crippen LogP contribution in [0.1, 0.15) is 24.2 Å². The number of hydrogen-bond donors (Lipinski definition) is 2. The fourth-order valence-electron chi connectivity index (χ4n) is 1.71. The fraction of sp³-hybridized carbons (Fsp3) is 0.214. The summed E-state index contributed by atoms with van der Waals surface area (Å²) in [4.78, 5) is 4.29. The summed E-state index contributed by atoms with van der Waals surface area (Å²) in [6, 6.07) is 11.8. The number of rotatable bonds is 5. The fourth-order valence-corrected chi connectivity index (χ4v) is 2.70. The standard InChI is InChI=1S/C14H17N3O2S/c1-11(15)12-5-7-14(8-6-12)20(18,19)17-10-13-4-2-3-9-16-13/h2-9,11,17H,10,15H2,1H3. The van der Waals surface area contributed by atoms with Crippen molar-refractivity contribution in [2.24, 2.45) is 5.73 Å². The highest BCUT2D eigenvalue weighted by Gasteiger charge is 2.14. The van der Waals surface area contributed by atoms with E-state index in [0.29, 0.717) is 5.69 Å². The van der Waals surface area contributed by atoms with Crippen molar-refractivity contribution in [1.29, 1.82) is 0 Å². The molecule has 5 nitrogen and oxygen atoms in total. The van der Waals surface area contributed by atoms with Crippen molar-refractivity contribution in [3.05, 3.63) is 59.9 Å². The van der Waals surface area contributed by atoms with Gasteiger partial charge in [-0.15, -0.1) is 0 Å². The molecule has 1 heterocycles. The van der Waals surface area contributed by atoms with Gasteiger partial charge in [-0.1, -0.05) is 18.2 Å². The first kappa shape index (κ1) is 14.6. The van der Waals surface area contributed by atoms with Crippen LogP contribution in [0.5, 0.6) is 0 Å². The molecule has 0 bridgehead atoms. The molecule has 1 aromatic carbocycles. The molecule has 2 rings (SSSR count). The van der Waals surface area contributed by atoms with Crippen molar-refractivity contribution >= 4 is 10.0 Å². The normalized spacial score (nSPS) is 13.1. The van der Waals surface area contributed by atoms with Gasteiger partial charge in [0, 0.05) is 12.2 Å². The zero-order valence-electron chi connectivity index (χ0n) is 11.2. The highest BCUT2D eigenvalue weighted by molar-refractivity contribution is 7.89. The van der Waals surface area contributed by atoms with Gasteiger partial charge in [0.2, 0.25) is 10.0 Å². The molecule has 106 valence electrons. The number of aromatic nitrogens is 1. The Morgan fingerprint density at radius 2 is 1.90 bits per heavy atom. The molecule has 6 heteroatoms. The summed E-state index contributed by atoms with van der Waals surface area (Å²) >= 11 is 0. The minimum Gasteiger partial charge on any atom is -0.324 e. The third kappa shape index (κ3) is 3.63. The molecule has 0 radical (unpaired) electrons. The van der Waals surface area contributed by atoms with Gasteiger partial charge in [-0.2, -0.15) is 0 Å². The maximum absolute atomic E-state index is 12.1. The molecule has 0 saturated heterocycles. The first-order valence-electron chi connectivity index (χ1n) is 6.24. The third-order valence-corrected chi connectivity index (χ3v) is 4.30. The van der Waals surface area contributed by atoms with Gasteiger partial charge in [0.25, 0.3) is 0 Å². The molecular weight excluding hydrogens is 274 g/mol. The second kappa shape index (κ2) is 6.13. The molecule has 0 aliphatic rings. The van der Waals surface area contributed by atoms with Crippen LogP contribution in [0.15, 0.2) is 53.6 Å². The van der Waals surface area contributed by atoms with E-state index in [0.717, 1.165) is 5.56 Å². The molecule has 3 N–H and O–H groups in total. The van der Waals surface area contributed by atoms with Gasteiger partial charge in [-0.05, 0) is 36.8 Å². The number of hydrogen-bond acceptors (Lipinski definition) is 4. The topological polar surface area (TPSA) is 85.1 Å². The number of benzene rings is 1. The van der Waals surface area contributed by atoms with Crippen molar-refractivity contribution in [2.45, 2.75) is 24.4 Å². The van der Waals surface area contributed by atoms with E-state index < -0.39 is 10.0 Å². The average Bonchev–Trinajstić information content (AvgIpc) is 2.46. The van der Waals surface area contributed by atoms with Crippen molar-refractivity contribution in [3.63, 3.8) is 0 Å². The summed E-state index contributed by atoms with van der Waals surface area (Å²) < 4.78 is 26.8. The maximum atomic E-state index is 12.1. The molecule has 0 aliphatic carbocycles. The number of sulfonamides is 1. The Bertz CT molecular complexity index is 653. The number of nitrogens with two attached hydrogens (primary N) is 1. The van der Waals surface area contributed by atoms with E-state index in [2.05, 4.69) is 9.71 Å². The van der Waals surface area contributed by atoms with Gasteiger partial charge in [-0.3, -0.25) is 4.98 Å². The predicted octanol–water partition coefficient (Wildman–Crippen LogP) is 1.58. The lowest BCUT2D eigenvalue weighted by Gasteiger charge is -2.09. The molecule has 2 aromatic rings. The van der Waals surface area contributed by atoms with E-state index in [1.165, 1.54) is 0 Å². The van der Waals surface area contributed by atoms with E-state index in [1.54, 1.807) is 42.6 Å². The number of pyridine rings is 1. The van der Waals surface area contributed by atoms with Crippen LogP contribution < -0.4 is 10.5 Å². The SMILES string of the molecule is CC(N)c1ccc(S(=O)(=O)NCc2ccccn2)cc1. The van der Waals surface area contributed by atoms with E-state index in [9.17, 15) is 8.42 Å². The summed E-state index contributed by atoms with van der Waals surface area (Å²) in [6.45, 7) is 2.01. The summed E-state index contributed by atoms with van der Waals surface area (Å²) in [5.74, 6) is 0. The lowest BCUT2D eigenvalue weighted by Crippen LogP contribution is -2.23. The second-order valence-corrected chi connectivity index (χ2v) is 6.27. The lowest BCUT2D eigenvalue weighted by atomic mass is 10.1. The van der Waals surface area contributed by atoms with Gasteiger partial charge in [0.15, 0.2) is 0 Å². The minimum atomic E-state index is -3.53. The Labute approximate surface area is 118 Å². The Kier molecular flexibility index (Phi) is 4.49. The molecule has 1 atom stereocenters. The van der Waals surface area contributed by atoms with E-state index in [4.69, 9.17) is 5.73 Å². The van der Waals surface area contributed by atoms with Crippen LogP contribution in [-0.2, 0) is 16.6 Å². The summed E-state index contributed by atoms with van der Waals surface area (Å²) in [7, 11) is -3.53. The second-order valence-electron chi connectivity index (χ2n) is 4.50. The smallest absolute Gasteiger partial charge is 0.240 e. The quantitative estimate of drug-likeness (QED) is 0.876. The summed E-state index contributed by atoms with van der Waals surface area (Å²) in [6.07, 6.45) is 1.63. The number of nitrogens with one attached hydrogen (secondary N) is 1. The van der Waals surface area contributed by atoms with Gasteiger partial charge in [0.1, 0.15) is 0 Å². The van der Waals surface area contributed by atoms with Crippen LogP contribution in [-0.4, -0.2) is 13.4 Å². The van der Waals surface area contributed by atoms with E-state index >= 15 is 0 Å². The van der Waals surface area contributed by atoms with Crippen LogP contribution >= 0.6 is 0 Å². The van der Waals surface area contributed by atoms with E-state index in [1.807, 2.05) is 13.0 Å². The molecule has 1 unspecified atom stereocenters. The van der Waals surface area contributed by atoms with Crippen LogP contribution in [0.4, 0.5) is 0 Å². The first-order chi connectivity index (χ1) is 9.49. The lowest BCUT2D eigenvalue weighted by molar-refractivity contribution is 0.580. The minimum absolute atomic E-state index is 0.117.